The molecule has 8 heteroatoms. The first-order valence-electron chi connectivity index (χ1n) is 7.76. The van der Waals surface area contributed by atoms with E-state index in [0.29, 0.717) is 6.54 Å². The molecule has 3 aromatic rings. The fourth-order valence-corrected chi connectivity index (χ4v) is 3.07. The molecule has 0 saturated heterocycles. The topological polar surface area (TPSA) is 80.0 Å². The summed E-state index contributed by atoms with van der Waals surface area (Å²) in [5.41, 5.74) is 0.340. The van der Waals surface area contributed by atoms with Crippen LogP contribution < -0.4 is 5.32 Å². The molecule has 2 heterocycles. The van der Waals surface area contributed by atoms with E-state index in [9.17, 15) is 14.3 Å². The van der Waals surface area contributed by atoms with E-state index >= 15 is 0 Å². The molecule has 1 atom stereocenters. The lowest BCUT2D eigenvalue weighted by molar-refractivity contribution is 0.0949. The Hall–Kier alpha value is -2.58. The van der Waals surface area contributed by atoms with Crippen LogP contribution in [0, 0.1) is 5.82 Å². The first kappa shape index (κ1) is 17.2. The Labute approximate surface area is 147 Å². The summed E-state index contributed by atoms with van der Waals surface area (Å²) in [6, 6.07) is 9.97. The zero-order valence-corrected chi connectivity index (χ0v) is 14.1. The van der Waals surface area contributed by atoms with Gasteiger partial charge in [-0.05, 0) is 23.9 Å². The molecule has 0 fully saturated rings. The summed E-state index contributed by atoms with van der Waals surface area (Å²) >= 11 is 1.64. The average molecular weight is 360 g/mol. The van der Waals surface area contributed by atoms with E-state index in [0.717, 1.165) is 6.42 Å². The van der Waals surface area contributed by atoms with Crippen molar-refractivity contribution in [3.8, 4) is 0 Å². The van der Waals surface area contributed by atoms with E-state index in [4.69, 9.17) is 0 Å². The molecule has 6 nitrogen and oxygen atoms in total. The van der Waals surface area contributed by atoms with Gasteiger partial charge in [-0.1, -0.05) is 29.5 Å². The lowest BCUT2D eigenvalue weighted by Crippen LogP contribution is -2.25. The van der Waals surface area contributed by atoms with E-state index in [1.165, 1.54) is 27.9 Å². The molecule has 2 aromatic heterocycles. The minimum atomic E-state index is -1.07. The second kappa shape index (κ2) is 8.00. The third-order valence-electron chi connectivity index (χ3n) is 3.63. The van der Waals surface area contributed by atoms with Crippen molar-refractivity contribution in [2.45, 2.75) is 19.1 Å². The molecule has 0 aliphatic heterocycles. The maximum Gasteiger partial charge on any atom is 0.273 e. The Kier molecular flexibility index (Phi) is 5.52. The van der Waals surface area contributed by atoms with Crippen molar-refractivity contribution in [1.29, 1.82) is 0 Å². The molecule has 1 amide bonds. The number of nitrogens with one attached hydrogen (secondary N) is 1. The maximum absolute atomic E-state index is 13.7. The standard InChI is InChI=1S/C17H17FN4O2S/c18-14-6-2-1-5-13(14)16(23)11-22-10-15(20-21-22)17(24)19-8-7-12-4-3-9-25-12/h1-6,9-10,16,23H,7-8,11H2,(H,19,24). The number of aliphatic hydroxyl groups is 1. The van der Waals surface area contributed by atoms with Gasteiger partial charge in [0.05, 0.1) is 12.7 Å². The molecule has 1 aromatic carbocycles. The van der Waals surface area contributed by atoms with Crippen molar-refractivity contribution >= 4 is 17.2 Å². The summed E-state index contributed by atoms with van der Waals surface area (Å²) < 4.78 is 15.0. The highest BCUT2D eigenvalue weighted by Crippen LogP contribution is 2.18. The molecular formula is C17H17FN4O2S. The third-order valence-corrected chi connectivity index (χ3v) is 4.57. The van der Waals surface area contributed by atoms with Crippen LogP contribution in [0.4, 0.5) is 4.39 Å². The molecule has 2 N–H and O–H groups in total. The summed E-state index contributed by atoms with van der Waals surface area (Å²) in [5, 5.41) is 22.5. The van der Waals surface area contributed by atoms with Gasteiger partial charge in [-0.15, -0.1) is 16.4 Å². The van der Waals surface area contributed by atoms with Gasteiger partial charge in [0.25, 0.3) is 5.91 Å². The Morgan fingerprint density at radius 3 is 2.92 bits per heavy atom. The number of nitrogens with zero attached hydrogens (tertiary/aromatic N) is 3. The Balaban J connectivity index is 1.54. The molecule has 0 aliphatic carbocycles. The van der Waals surface area contributed by atoms with E-state index in [1.54, 1.807) is 23.5 Å². The molecule has 0 bridgehead atoms. The molecule has 0 radical (unpaired) electrons. The summed E-state index contributed by atoms with van der Waals surface area (Å²) in [6.07, 6.45) is 1.12. The van der Waals surface area contributed by atoms with E-state index in [2.05, 4.69) is 15.6 Å². The van der Waals surface area contributed by atoms with Crippen LogP contribution in [0.3, 0.4) is 0 Å². The number of carbonyl (C=O) groups is 1. The smallest absolute Gasteiger partial charge is 0.273 e. The molecule has 130 valence electrons. The van der Waals surface area contributed by atoms with Crippen molar-refractivity contribution < 1.29 is 14.3 Å². The molecular weight excluding hydrogens is 343 g/mol. The van der Waals surface area contributed by atoms with Crippen molar-refractivity contribution in [1.82, 2.24) is 20.3 Å². The first-order valence-corrected chi connectivity index (χ1v) is 8.64. The number of hydrogen-bond donors (Lipinski definition) is 2. The van der Waals surface area contributed by atoms with E-state index in [1.807, 2.05) is 17.5 Å². The van der Waals surface area contributed by atoms with Gasteiger partial charge >= 0.3 is 0 Å². The number of hydrogen-bond acceptors (Lipinski definition) is 5. The van der Waals surface area contributed by atoms with E-state index in [-0.39, 0.29) is 23.7 Å². The highest BCUT2D eigenvalue weighted by atomic mass is 32.1. The zero-order chi connectivity index (χ0) is 17.6. The summed E-state index contributed by atoms with van der Waals surface area (Å²) in [7, 11) is 0. The number of thiophene rings is 1. The normalized spacial score (nSPS) is 12.1. The highest BCUT2D eigenvalue weighted by molar-refractivity contribution is 7.09. The van der Waals surface area contributed by atoms with Gasteiger partial charge in [0.1, 0.15) is 11.9 Å². The van der Waals surface area contributed by atoms with Crippen LogP contribution in [-0.4, -0.2) is 32.6 Å². The summed E-state index contributed by atoms with van der Waals surface area (Å²) in [5.74, 6) is -0.815. The van der Waals surface area contributed by atoms with Crippen LogP contribution in [-0.2, 0) is 13.0 Å². The minimum absolute atomic E-state index is 0.0103. The lowest BCUT2D eigenvalue weighted by Gasteiger charge is -2.11. The van der Waals surface area contributed by atoms with Gasteiger partial charge in [-0.2, -0.15) is 0 Å². The van der Waals surface area contributed by atoms with Gasteiger partial charge in [-0.25, -0.2) is 9.07 Å². The third kappa shape index (κ3) is 4.49. The van der Waals surface area contributed by atoms with Crippen molar-refractivity contribution in [2.75, 3.05) is 6.54 Å². The molecule has 3 rings (SSSR count). The number of halogens is 1. The fourth-order valence-electron chi connectivity index (χ4n) is 2.36. The maximum atomic E-state index is 13.7. The molecule has 1 unspecified atom stereocenters. The average Bonchev–Trinajstić information content (AvgIpc) is 3.27. The lowest BCUT2D eigenvalue weighted by atomic mass is 10.1. The number of amides is 1. The molecule has 0 aliphatic rings. The van der Waals surface area contributed by atoms with Gasteiger partial charge in [0, 0.05) is 17.0 Å². The summed E-state index contributed by atoms with van der Waals surface area (Å²) in [4.78, 5) is 13.2. The Morgan fingerprint density at radius 1 is 1.32 bits per heavy atom. The Morgan fingerprint density at radius 2 is 2.16 bits per heavy atom. The summed E-state index contributed by atoms with van der Waals surface area (Å²) in [6.45, 7) is 0.514. The quantitative estimate of drug-likeness (QED) is 0.677. The molecule has 0 saturated carbocycles. The fraction of sp³-hybridized carbons (Fsp3) is 0.235. The van der Waals surface area contributed by atoms with Gasteiger partial charge in [0.2, 0.25) is 0 Å². The van der Waals surface area contributed by atoms with Crippen LogP contribution >= 0.6 is 11.3 Å². The molecule has 0 spiro atoms. The second-order valence-corrected chi connectivity index (χ2v) is 6.48. The Bertz CT molecular complexity index is 835. The zero-order valence-electron chi connectivity index (χ0n) is 13.3. The number of carbonyl (C=O) groups excluding carboxylic acids is 1. The van der Waals surface area contributed by atoms with Crippen LogP contribution in [0.25, 0.3) is 0 Å². The number of aliphatic hydroxyl groups excluding tert-OH is 1. The highest BCUT2D eigenvalue weighted by Gasteiger charge is 2.16. The van der Waals surface area contributed by atoms with Gasteiger partial charge in [0.15, 0.2) is 5.69 Å². The number of rotatable bonds is 7. The van der Waals surface area contributed by atoms with Crippen LogP contribution in [0.15, 0.2) is 48.0 Å². The predicted octanol–water partition coefficient (Wildman–Crippen LogP) is 2.18. The largest absolute Gasteiger partial charge is 0.386 e. The number of benzene rings is 1. The minimum Gasteiger partial charge on any atom is -0.386 e. The van der Waals surface area contributed by atoms with Gasteiger partial charge in [-0.3, -0.25) is 4.79 Å². The number of aromatic nitrogens is 3. The van der Waals surface area contributed by atoms with Crippen LogP contribution in [0.5, 0.6) is 0 Å². The van der Waals surface area contributed by atoms with Crippen molar-refractivity contribution in [3.05, 3.63) is 69.9 Å². The monoisotopic (exact) mass is 360 g/mol. The van der Waals surface area contributed by atoms with Crippen molar-refractivity contribution in [3.63, 3.8) is 0 Å². The van der Waals surface area contributed by atoms with Crippen LogP contribution in [0.2, 0.25) is 0 Å². The first-order chi connectivity index (χ1) is 12.1. The van der Waals surface area contributed by atoms with Crippen molar-refractivity contribution in [2.24, 2.45) is 0 Å². The van der Waals surface area contributed by atoms with Gasteiger partial charge < -0.3 is 10.4 Å². The van der Waals surface area contributed by atoms with Crippen LogP contribution in [0.1, 0.15) is 27.0 Å². The SMILES string of the molecule is O=C(NCCc1cccs1)c1cn(CC(O)c2ccccc2F)nn1. The van der Waals surface area contributed by atoms with E-state index < -0.39 is 11.9 Å². The second-order valence-electron chi connectivity index (χ2n) is 5.45. The predicted molar refractivity (Wildman–Crippen MR) is 91.7 cm³/mol. The molecule has 25 heavy (non-hydrogen) atoms.